The number of fused-ring (bicyclic) bond motifs is 1. The molecule has 2 aromatic heterocycles. The molecule has 20 heavy (non-hydrogen) atoms. The van der Waals surface area contributed by atoms with E-state index in [4.69, 9.17) is 5.73 Å². The monoisotopic (exact) mass is 272 g/mol. The van der Waals surface area contributed by atoms with Crippen molar-refractivity contribution >= 4 is 11.8 Å². The first-order chi connectivity index (χ1) is 9.63. The third-order valence-electron chi connectivity index (χ3n) is 3.31. The molecule has 0 amide bonds. The predicted octanol–water partition coefficient (Wildman–Crippen LogP) is 0.465. The highest BCUT2D eigenvalue weighted by Crippen LogP contribution is 2.22. The largest absolute Gasteiger partial charge is 0.385 e. The summed E-state index contributed by atoms with van der Waals surface area (Å²) in [5, 5.41) is 9.56. The summed E-state index contributed by atoms with van der Waals surface area (Å²) in [5.74, 6) is 1.55. The molecule has 104 valence electrons. The van der Waals surface area contributed by atoms with Crippen LogP contribution < -0.4 is 10.6 Å². The molecule has 1 aliphatic rings. The maximum Gasteiger partial charge on any atom is 0.220 e. The smallest absolute Gasteiger partial charge is 0.220 e. The average molecular weight is 272 g/mol. The van der Waals surface area contributed by atoms with Gasteiger partial charge < -0.3 is 15.7 Å². The second-order valence-corrected chi connectivity index (χ2v) is 4.82. The van der Waals surface area contributed by atoms with Crippen molar-refractivity contribution < 1.29 is 5.11 Å². The average Bonchev–Trinajstić information content (AvgIpc) is 2.47. The van der Waals surface area contributed by atoms with Crippen LogP contribution in [0.25, 0.3) is 0 Å². The van der Waals surface area contributed by atoms with Gasteiger partial charge in [-0.05, 0) is 13.0 Å². The molecule has 3 N–H and O–H groups in total. The highest BCUT2D eigenvalue weighted by atomic mass is 16.3. The van der Waals surface area contributed by atoms with E-state index in [-0.39, 0.29) is 0 Å². The second kappa shape index (κ2) is 5.01. The number of nitrogens with zero attached hydrogens (tertiary/aromatic N) is 5. The lowest BCUT2D eigenvalue weighted by atomic mass is 10.1. The minimum atomic E-state index is -0.671. The Hall–Kier alpha value is -2.28. The van der Waals surface area contributed by atoms with Gasteiger partial charge in [0.2, 0.25) is 5.95 Å². The van der Waals surface area contributed by atoms with Crippen molar-refractivity contribution in [3.8, 4) is 0 Å². The molecule has 0 spiro atoms. The van der Waals surface area contributed by atoms with Crippen LogP contribution in [0.1, 0.15) is 30.1 Å². The zero-order chi connectivity index (χ0) is 14.1. The second-order valence-electron chi connectivity index (χ2n) is 4.82. The highest BCUT2D eigenvalue weighted by molar-refractivity contribution is 5.42. The van der Waals surface area contributed by atoms with Crippen molar-refractivity contribution in [2.75, 3.05) is 17.2 Å². The van der Waals surface area contributed by atoms with Crippen LogP contribution in [0.5, 0.6) is 0 Å². The summed E-state index contributed by atoms with van der Waals surface area (Å²) in [7, 11) is 0. The third kappa shape index (κ3) is 2.39. The zero-order valence-electron chi connectivity index (χ0n) is 11.2. The quantitative estimate of drug-likeness (QED) is 0.819. The van der Waals surface area contributed by atoms with E-state index in [1.165, 1.54) is 0 Å². The van der Waals surface area contributed by atoms with Crippen LogP contribution in [-0.4, -0.2) is 31.6 Å². The fraction of sp³-hybridized carbons (Fsp3) is 0.385. The number of aromatic nitrogens is 4. The van der Waals surface area contributed by atoms with E-state index in [9.17, 15) is 5.11 Å². The molecule has 7 nitrogen and oxygen atoms in total. The Balaban J connectivity index is 1.86. The fourth-order valence-corrected chi connectivity index (χ4v) is 2.27. The molecule has 7 heteroatoms. The summed E-state index contributed by atoms with van der Waals surface area (Å²) in [6, 6.07) is 1.84. The van der Waals surface area contributed by atoms with E-state index in [0.717, 1.165) is 30.0 Å². The van der Waals surface area contributed by atoms with Crippen molar-refractivity contribution in [1.29, 1.82) is 0 Å². The number of nitrogen functional groups attached to an aromatic ring is 1. The van der Waals surface area contributed by atoms with Crippen molar-refractivity contribution in [3.05, 3.63) is 35.5 Å². The van der Waals surface area contributed by atoms with Crippen LogP contribution in [0.3, 0.4) is 0 Å². The fourth-order valence-electron chi connectivity index (χ4n) is 2.27. The predicted molar refractivity (Wildman–Crippen MR) is 73.9 cm³/mol. The van der Waals surface area contributed by atoms with Crippen molar-refractivity contribution in [2.24, 2.45) is 0 Å². The molecule has 1 atom stereocenters. The molecule has 0 aromatic carbocycles. The molecule has 0 aliphatic carbocycles. The van der Waals surface area contributed by atoms with Crippen LogP contribution in [0.2, 0.25) is 0 Å². The topological polar surface area (TPSA) is 101 Å². The third-order valence-corrected chi connectivity index (χ3v) is 3.31. The maximum atomic E-state index is 9.56. The number of rotatable bonds is 2. The van der Waals surface area contributed by atoms with Crippen LogP contribution in [0.15, 0.2) is 18.5 Å². The van der Waals surface area contributed by atoms with Gasteiger partial charge in [-0.2, -0.15) is 0 Å². The van der Waals surface area contributed by atoms with Crippen molar-refractivity contribution in [2.45, 2.75) is 26.0 Å². The Morgan fingerprint density at radius 2 is 2.20 bits per heavy atom. The minimum absolute atomic E-state index is 0.315. The van der Waals surface area contributed by atoms with Crippen LogP contribution >= 0.6 is 0 Å². The van der Waals surface area contributed by atoms with Gasteiger partial charge in [0.15, 0.2) is 5.82 Å². The molecule has 0 saturated carbocycles. The summed E-state index contributed by atoms with van der Waals surface area (Å²) < 4.78 is 0. The highest BCUT2D eigenvalue weighted by Gasteiger charge is 2.20. The summed E-state index contributed by atoms with van der Waals surface area (Å²) >= 11 is 0. The van der Waals surface area contributed by atoms with Gasteiger partial charge in [0.25, 0.3) is 0 Å². The Labute approximate surface area is 116 Å². The van der Waals surface area contributed by atoms with E-state index in [1.54, 1.807) is 19.3 Å². The van der Waals surface area contributed by atoms with Gasteiger partial charge in [-0.3, -0.25) is 0 Å². The first-order valence-corrected chi connectivity index (χ1v) is 6.49. The number of aliphatic hydroxyl groups is 1. The first kappa shape index (κ1) is 12.7. The summed E-state index contributed by atoms with van der Waals surface area (Å²) in [4.78, 5) is 18.9. The van der Waals surface area contributed by atoms with Crippen molar-refractivity contribution in [3.63, 3.8) is 0 Å². The summed E-state index contributed by atoms with van der Waals surface area (Å²) in [6.45, 7) is 3.15. The maximum absolute atomic E-state index is 9.56. The standard InChI is InChI=1S/C13H16N6O/c1-8(20)12-15-4-2-11(18-12)19-5-3-10-9(7-19)6-16-13(14)17-10/h2,4,6,8,20H,3,5,7H2,1H3,(H2,14,16,17). The van der Waals surface area contributed by atoms with Crippen LogP contribution in [0, 0.1) is 0 Å². The molecule has 1 unspecified atom stereocenters. The van der Waals surface area contributed by atoms with Crippen LogP contribution in [-0.2, 0) is 13.0 Å². The van der Waals surface area contributed by atoms with Gasteiger partial charge in [0.1, 0.15) is 11.9 Å². The van der Waals surface area contributed by atoms with E-state index in [0.29, 0.717) is 18.3 Å². The van der Waals surface area contributed by atoms with Gasteiger partial charge in [0.05, 0.1) is 5.69 Å². The Bertz CT molecular complexity index is 630. The van der Waals surface area contributed by atoms with E-state index in [1.807, 2.05) is 6.07 Å². The van der Waals surface area contributed by atoms with Crippen molar-refractivity contribution in [1.82, 2.24) is 19.9 Å². The summed E-state index contributed by atoms with van der Waals surface area (Å²) in [6.07, 6.45) is 3.56. The van der Waals surface area contributed by atoms with E-state index < -0.39 is 6.10 Å². The van der Waals surface area contributed by atoms with E-state index in [2.05, 4.69) is 24.8 Å². The molecule has 1 aliphatic heterocycles. The Morgan fingerprint density at radius 3 is 3.00 bits per heavy atom. The number of aliphatic hydroxyl groups excluding tert-OH is 1. The lowest BCUT2D eigenvalue weighted by Gasteiger charge is -2.29. The SMILES string of the molecule is CC(O)c1nccc(N2CCc3nc(N)ncc3C2)n1. The van der Waals surface area contributed by atoms with Gasteiger partial charge in [-0.1, -0.05) is 0 Å². The van der Waals surface area contributed by atoms with Gasteiger partial charge in [0, 0.05) is 37.5 Å². The Morgan fingerprint density at radius 1 is 1.35 bits per heavy atom. The molecular weight excluding hydrogens is 256 g/mol. The van der Waals surface area contributed by atoms with Crippen LogP contribution in [0.4, 0.5) is 11.8 Å². The summed E-state index contributed by atoms with van der Waals surface area (Å²) in [5.41, 5.74) is 7.65. The number of hydrogen-bond acceptors (Lipinski definition) is 7. The van der Waals surface area contributed by atoms with Gasteiger partial charge >= 0.3 is 0 Å². The first-order valence-electron chi connectivity index (χ1n) is 6.49. The molecule has 3 heterocycles. The minimum Gasteiger partial charge on any atom is -0.385 e. The molecule has 0 fully saturated rings. The number of anilines is 2. The molecule has 2 aromatic rings. The molecular formula is C13H16N6O. The van der Waals surface area contributed by atoms with Gasteiger partial charge in [-0.15, -0.1) is 0 Å². The lowest BCUT2D eigenvalue weighted by molar-refractivity contribution is 0.189. The van der Waals surface area contributed by atoms with Gasteiger partial charge in [-0.25, -0.2) is 19.9 Å². The molecule has 0 saturated heterocycles. The zero-order valence-corrected chi connectivity index (χ0v) is 11.2. The number of nitrogens with two attached hydrogens (primary N) is 1. The molecule has 0 radical (unpaired) electrons. The Kier molecular flexibility index (Phi) is 3.19. The molecule has 0 bridgehead atoms. The number of hydrogen-bond donors (Lipinski definition) is 2. The molecule has 3 rings (SSSR count). The normalized spacial score (nSPS) is 15.8. The lowest BCUT2D eigenvalue weighted by Crippen LogP contribution is -2.32. The van der Waals surface area contributed by atoms with E-state index >= 15 is 0 Å².